The summed E-state index contributed by atoms with van der Waals surface area (Å²) in [7, 11) is 0. The molecule has 0 saturated carbocycles. The Morgan fingerprint density at radius 3 is 2.35 bits per heavy atom. The molecule has 0 aliphatic heterocycles. The number of rotatable bonds is 6. The van der Waals surface area contributed by atoms with Gasteiger partial charge in [-0.1, -0.05) is 78.3 Å². The van der Waals surface area contributed by atoms with Crippen molar-refractivity contribution >= 4 is 23.2 Å². The van der Waals surface area contributed by atoms with Crippen LogP contribution in [0.2, 0.25) is 5.02 Å². The topological polar surface area (TPSA) is 41.1 Å². The number of hydrogen-bond donors (Lipinski definition) is 2. The summed E-state index contributed by atoms with van der Waals surface area (Å²) in [6.07, 6.45) is 0. The molecule has 3 aromatic carbocycles. The number of anilines is 1. The minimum atomic E-state index is -0.0905. The third-order valence-corrected chi connectivity index (χ3v) is 4.57. The van der Waals surface area contributed by atoms with Crippen LogP contribution in [-0.2, 0) is 4.79 Å². The van der Waals surface area contributed by atoms with Gasteiger partial charge in [-0.05, 0) is 30.2 Å². The highest BCUT2D eigenvalue weighted by Crippen LogP contribution is 2.27. The highest BCUT2D eigenvalue weighted by molar-refractivity contribution is 6.31. The Balaban J connectivity index is 1.65. The summed E-state index contributed by atoms with van der Waals surface area (Å²) in [4.78, 5) is 12.4. The monoisotopic (exact) mass is 364 g/mol. The van der Waals surface area contributed by atoms with Gasteiger partial charge in [0.05, 0.1) is 6.54 Å². The van der Waals surface area contributed by atoms with Crippen LogP contribution in [0.1, 0.15) is 18.5 Å². The summed E-state index contributed by atoms with van der Waals surface area (Å²) in [6.45, 7) is 2.20. The minimum absolute atomic E-state index is 0.0150. The van der Waals surface area contributed by atoms with E-state index < -0.39 is 0 Å². The summed E-state index contributed by atoms with van der Waals surface area (Å²) in [5.74, 6) is -0.0905. The summed E-state index contributed by atoms with van der Waals surface area (Å²) in [5, 5.41) is 6.92. The molecule has 0 aliphatic rings. The lowest BCUT2D eigenvalue weighted by atomic mass is 10.0. The van der Waals surface area contributed by atoms with E-state index >= 15 is 0 Å². The molecule has 0 saturated heterocycles. The SMILES string of the molecule is C[C@@H](NCC(=O)Nc1ccccc1-c1ccccc1)c1ccccc1Cl. The van der Waals surface area contributed by atoms with Gasteiger partial charge in [-0.3, -0.25) is 4.79 Å². The third kappa shape index (κ3) is 4.51. The van der Waals surface area contributed by atoms with Crippen molar-refractivity contribution in [3.8, 4) is 11.1 Å². The molecule has 132 valence electrons. The van der Waals surface area contributed by atoms with Crippen molar-refractivity contribution in [2.24, 2.45) is 0 Å². The van der Waals surface area contributed by atoms with Gasteiger partial charge in [0, 0.05) is 22.3 Å². The Kier molecular flexibility index (Phi) is 6.05. The van der Waals surface area contributed by atoms with E-state index in [1.807, 2.05) is 85.8 Å². The Hall–Kier alpha value is -2.62. The van der Waals surface area contributed by atoms with E-state index in [0.29, 0.717) is 5.02 Å². The second-order valence-electron chi connectivity index (χ2n) is 6.08. The molecule has 0 unspecified atom stereocenters. The van der Waals surface area contributed by atoms with E-state index in [4.69, 9.17) is 11.6 Å². The Morgan fingerprint density at radius 2 is 1.58 bits per heavy atom. The van der Waals surface area contributed by atoms with Gasteiger partial charge in [0.15, 0.2) is 0 Å². The number of carbonyl (C=O) groups excluding carboxylic acids is 1. The Bertz CT molecular complexity index is 880. The molecule has 1 amide bonds. The first-order valence-electron chi connectivity index (χ1n) is 8.57. The summed E-state index contributed by atoms with van der Waals surface area (Å²) >= 11 is 6.21. The van der Waals surface area contributed by atoms with Gasteiger partial charge in [-0.25, -0.2) is 0 Å². The molecule has 1 atom stereocenters. The van der Waals surface area contributed by atoms with Crippen LogP contribution in [0, 0.1) is 0 Å². The number of halogens is 1. The van der Waals surface area contributed by atoms with Crippen molar-refractivity contribution in [2.75, 3.05) is 11.9 Å². The van der Waals surface area contributed by atoms with Crippen LogP contribution in [0.3, 0.4) is 0 Å². The van der Waals surface area contributed by atoms with Gasteiger partial charge >= 0.3 is 0 Å². The molecule has 4 heteroatoms. The molecular weight excluding hydrogens is 344 g/mol. The zero-order valence-corrected chi connectivity index (χ0v) is 15.3. The Labute approximate surface area is 159 Å². The summed E-state index contributed by atoms with van der Waals surface area (Å²) in [5.41, 5.74) is 3.85. The van der Waals surface area contributed by atoms with Gasteiger partial charge in [0.25, 0.3) is 0 Å². The lowest BCUT2D eigenvalue weighted by molar-refractivity contribution is -0.115. The standard InChI is InChI=1S/C22H21ClN2O/c1-16(18-11-5-7-13-20(18)23)24-15-22(26)25-21-14-8-6-12-19(21)17-9-3-2-4-10-17/h2-14,16,24H,15H2,1H3,(H,25,26)/t16-/m1/s1. The van der Waals surface area contributed by atoms with Crippen LogP contribution in [0.15, 0.2) is 78.9 Å². The number of benzene rings is 3. The molecule has 0 spiro atoms. The van der Waals surface area contributed by atoms with Crippen LogP contribution in [0.25, 0.3) is 11.1 Å². The fourth-order valence-electron chi connectivity index (χ4n) is 2.84. The largest absolute Gasteiger partial charge is 0.324 e. The molecule has 0 radical (unpaired) electrons. The smallest absolute Gasteiger partial charge is 0.238 e. The van der Waals surface area contributed by atoms with Gasteiger partial charge in [-0.15, -0.1) is 0 Å². The molecule has 3 aromatic rings. The van der Waals surface area contributed by atoms with E-state index in [-0.39, 0.29) is 18.5 Å². The zero-order chi connectivity index (χ0) is 18.4. The molecule has 0 bridgehead atoms. The van der Waals surface area contributed by atoms with Crippen molar-refractivity contribution in [1.82, 2.24) is 5.32 Å². The molecule has 2 N–H and O–H groups in total. The van der Waals surface area contributed by atoms with Gasteiger partial charge in [-0.2, -0.15) is 0 Å². The fourth-order valence-corrected chi connectivity index (χ4v) is 3.14. The first kappa shape index (κ1) is 18.2. The molecule has 0 aromatic heterocycles. The van der Waals surface area contributed by atoms with E-state index in [0.717, 1.165) is 22.4 Å². The lowest BCUT2D eigenvalue weighted by Crippen LogP contribution is -2.30. The van der Waals surface area contributed by atoms with Gasteiger partial charge < -0.3 is 10.6 Å². The average molecular weight is 365 g/mol. The van der Waals surface area contributed by atoms with E-state index in [1.54, 1.807) is 0 Å². The highest BCUT2D eigenvalue weighted by atomic mass is 35.5. The maximum atomic E-state index is 12.4. The predicted molar refractivity (Wildman–Crippen MR) is 108 cm³/mol. The van der Waals surface area contributed by atoms with Gasteiger partial charge in [0.1, 0.15) is 0 Å². The van der Waals surface area contributed by atoms with Crippen LogP contribution in [0.4, 0.5) is 5.69 Å². The average Bonchev–Trinajstić information content (AvgIpc) is 2.67. The number of hydrogen-bond acceptors (Lipinski definition) is 2. The van der Waals surface area contributed by atoms with Crippen LogP contribution < -0.4 is 10.6 Å². The summed E-state index contributed by atoms with van der Waals surface area (Å²) < 4.78 is 0. The Morgan fingerprint density at radius 1 is 0.923 bits per heavy atom. The lowest BCUT2D eigenvalue weighted by Gasteiger charge is -2.16. The maximum Gasteiger partial charge on any atom is 0.238 e. The van der Waals surface area contributed by atoms with Crippen LogP contribution in [0.5, 0.6) is 0 Å². The maximum absolute atomic E-state index is 12.4. The second kappa shape index (κ2) is 8.65. The first-order chi connectivity index (χ1) is 12.6. The second-order valence-corrected chi connectivity index (χ2v) is 6.49. The predicted octanol–water partition coefficient (Wildman–Crippen LogP) is 5.30. The molecule has 0 aliphatic carbocycles. The van der Waals surface area contributed by atoms with Crippen molar-refractivity contribution in [2.45, 2.75) is 13.0 Å². The number of carbonyl (C=O) groups is 1. The van der Waals surface area contributed by atoms with E-state index in [1.165, 1.54) is 0 Å². The van der Waals surface area contributed by atoms with E-state index in [9.17, 15) is 4.79 Å². The molecule has 0 fully saturated rings. The molecule has 0 heterocycles. The molecular formula is C22H21ClN2O. The fraction of sp³-hybridized carbons (Fsp3) is 0.136. The number of para-hydroxylation sites is 1. The normalized spacial score (nSPS) is 11.8. The molecule has 26 heavy (non-hydrogen) atoms. The third-order valence-electron chi connectivity index (χ3n) is 4.23. The summed E-state index contributed by atoms with van der Waals surface area (Å²) in [6, 6.07) is 25.5. The minimum Gasteiger partial charge on any atom is -0.324 e. The number of amides is 1. The van der Waals surface area contributed by atoms with Crippen LogP contribution in [-0.4, -0.2) is 12.5 Å². The van der Waals surface area contributed by atoms with Crippen LogP contribution >= 0.6 is 11.6 Å². The van der Waals surface area contributed by atoms with Gasteiger partial charge in [0.2, 0.25) is 5.91 Å². The van der Waals surface area contributed by atoms with Crippen molar-refractivity contribution in [1.29, 1.82) is 0 Å². The number of nitrogens with one attached hydrogen (secondary N) is 2. The first-order valence-corrected chi connectivity index (χ1v) is 8.95. The molecule has 3 nitrogen and oxygen atoms in total. The van der Waals surface area contributed by atoms with Crippen molar-refractivity contribution in [3.05, 3.63) is 89.4 Å². The highest BCUT2D eigenvalue weighted by Gasteiger charge is 2.12. The van der Waals surface area contributed by atoms with E-state index in [2.05, 4.69) is 10.6 Å². The van der Waals surface area contributed by atoms with Crippen molar-refractivity contribution < 1.29 is 4.79 Å². The molecule has 3 rings (SSSR count). The zero-order valence-electron chi connectivity index (χ0n) is 14.6. The quantitative estimate of drug-likeness (QED) is 0.623. The van der Waals surface area contributed by atoms with Crippen molar-refractivity contribution in [3.63, 3.8) is 0 Å².